The van der Waals surface area contributed by atoms with Gasteiger partial charge in [0.15, 0.2) is 0 Å². The first-order valence-electron chi connectivity index (χ1n) is 7.24. The third kappa shape index (κ3) is 4.14. The van der Waals surface area contributed by atoms with Crippen molar-refractivity contribution in [2.75, 3.05) is 6.54 Å². The number of benzene rings is 1. The van der Waals surface area contributed by atoms with Crippen molar-refractivity contribution >= 4 is 15.9 Å². The van der Waals surface area contributed by atoms with E-state index in [9.17, 15) is 4.39 Å². The van der Waals surface area contributed by atoms with E-state index in [1.165, 1.54) is 6.07 Å². The minimum Gasteiger partial charge on any atom is -0.309 e. The Morgan fingerprint density at radius 1 is 1.29 bits per heavy atom. The lowest BCUT2D eigenvalue weighted by Gasteiger charge is -2.18. The summed E-state index contributed by atoms with van der Waals surface area (Å²) in [6.45, 7) is 5.03. The average Bonchev–Trinajstić information content (AvgIpc) is 2.78. The van der Waals surface area contributed by atoms with Gasteiger partial charge in [0, 0.05) is 11.5 Å². The van der Waals surface area contributed by atoms with Gasteiger partial charge in [0.2, 0.25) is 0 Å². The maximum absolute atomic E-state index is 13.5. The van der Waals surface area contributed by atoms with Crippen LogP contribution in [0.5, 0.6) is 0 Å². The summed E-state index contributed by atoms with van der Waals surface area (Å²) < 4.78 is 16.2. The van der Waals surface area contributed by atoms with Crippen molar-refractivity contribution in [3.05, 3.63) is 51.5 Å². The fourth-order valence-corrected chi connectivity index (χ4v) is 3.05. The maximum atomic E-state index is 13.5. The molecule has 1 unspecified atom stereocenters. The molecule has 114 valence electrons. The Labute approximate surface area is 133 Å². The Morgan fingerprint density at radius 2 is 2.05 bits per heavy atom. The van der Waals surface area contributed by atoms with E-state index in [4.69, 9.17) is 0 Å². The Balaban J connectivity index is 2.27. The fourth-order valence-electron chi connectivity index (χ4n) is 2.53. The van der Waals surface area contributed by atoms with Crippen molar-refractivity contribution in [3.63, 3.8) is 0 Å². The Kier molecular flexibility index (Phi) is 5.53. The van der Waals surface area contributed by atoms with Gasteiger partial charge in [-0.2, -0.15) is 5.10 Å². The molecule has 1 aromatic heterocycles. The van der Waals surface area contributed by atoms with Crippen molar-refractivity contribution in [1.82, 2.24) is 15.1 Å². The minimum absolute atomic E-state index is 0.126. The molecule has 1 aromatic carbocycles. The zero-order valence-electron chi connectivity index (χ0n) is 12.7. The molecule has 0 aliphatic rings. The summed E-state index contributed by atoms with van der Waals surface area (Å²) in [5.41, 5.74) is 3.18. The molecule has 5 heteroatoms. The summed E-state index contributed by atoms with van der Waals surface area (Å²) >= 11 is 3.35. The summed E-state index contributed by atoms with van der Waals surface area (Å²) in [5, 5.41) is 7.97. The van der Waals surface area contributed by atoms with Crippen LogP contribution in [0.4, 0.5) is 4.39 Å². The molecule has 0 spiro atoms. The molecule has 3 nitrogen and oxygen atoms in total. The van der Waals surface area contributed by atoms with Crippen LogP contribution in [0, 0.1) is 5.82 Å². The third-order valence-corrected chi connectivity index (χ3v) is 3.96. The zero-order valence-corrected chi connectivity index (χ0v) is 14.2. The highest BCUT2D eigenvalue weighted by Crippen LogP contribution is 2.22. The van der Waals surface area contributed by atoms with Crippen LogP contribution >= 0.6 is 15.9 Å². The number of nitrogens with zero attached hydrogens (tertiary/aromatic N) is 2. The van der Waals surface area contributed by atoms with Crippen molar-refractivity contribution in [2.24, 2.45) is 7.05 Å². The number of rotatable bonds is 6. The van der Waals surface area contributed by atoms with Gasteiger partial charge in [0.1, 0.15) is 5.82 Å². The van der Waals surface area contributed by atoms with Gasteiger partial charge < -0.3 is 5.32 Å². The number of halogens is 2. The number of nitrogens with one attached hydrogen (secondary N) is 1. The lowest BCUT2D eigenvalue weighted by atomic mass is 10.0. The van der Waals surface area contributed by atoms with E-state index < -0.39 is 0 Å². The molecule has 2 rings (SSSR count). The molecule has 0 radical (unpaired) electrons. The van der Waals surface area contributed by atoms with E-state index in [1.807, 2.05) is 17.8 Å². The van der Waals surface area contributed by atoms with Crippen molar-refractivity contribution in [1.29, 1.82) is 0 Å². The normalized spacial score (nSPS) is 12.6. The SMILES string of the molecule is CCNC(Cc1cc(F)cc(Br)c1)c1cc(CC)nn1C. The first-order valence-corrected chi connectivity index (χ1v) is 8.04. The highest BCUT2D eigenvalue weighted by Gasteiger charge is 2.17. The van der Waals surface area contributed by atoms with E-state index in [2.05, 4.69) is 46.3 Å². The smallest absolute Gasteiger partial charge is 0.124 e. The lowest BCUT2D eigenvalue weighted by Crippen LogP contribution is -2.25. The molecule has 2 aromatic rings. The second-order valence-electron chi connectivity index (χ2n) is 5.13. The molecular formula is C16H21BrFN3. The Hall–Kier alpha value is -1.20. The zero-order chi connectivity index (χ0) is 15.4. The first-order chi connectivity index (χ1) is 10.0. The topological polar surface area (TPSA) is 29.9 Å². The van der Waals surface area contributed by atoms with Gasteiger partial charge >= 0.3 is 0 Å². The second kappa shape index (κ2) is 7.18. The molecule has 0 saturated carbocycles. The molecule has 0 fully saturated rings. The molecule has 21 heavy (non-hydrogen) atoms. The van der Waals surface area contributed by atoms with Crippen LogP contribution in [0.25, 0.3) is 0 Å². The molecule has 0 bridgehead atoms. The number of hydrogen-bond donors (Lipinski definition) is 1. The molecule has 0 saturated heterocycles. The van der Waals surface area contributed by atoms with Crippen LogP contribution in [0.1, 0.15) is 36.8 Å². The van der Waals surface area contributed by atoms with Gasteiger partial charge in [-0.05, 0) is 49.2 Å². The lowest BCUT2D eigenvalue weighted by molar-refractivity contribution is 0.506. The summed E-state index contributed by atoms with van der Waals surface area (Å²) in [5.74, 6) is -0.214. The predicted octanol–water partition coefficient (Wildman–Crippen LogP) is 3.78. The average molecular weight is 354 g/mol. The van der Waals surface area contributed by atoms with Gasteiger partial charge in [-0.25, -0.2) is 4.39 Å². The van der Waals surface area contributed by atoms with E-state index in [0.29, 0.717) is 0 Å². The molecule has 0 aliphatic carbocycles. The van der Waals surface area contributed by atoms with Gasteiger partial charge in [0.05, 0.1) is 17.4 Å². The van der Waals surface area contributed by atoms with Crippen molar-refractivity contribution < 1.29 is 4.39 Å². The number of aromatic nitrogens is 2. The predicted molar refractivity (Wildman–Crippen MR) is 86.8 cm³/mol. The largest absolute Gasteiger partial charge is 0.309 e. The second-order valence-corrected chi connectivity index (χ2v) is 6.05. The third-order valence-electron chi connectivity index (χ3n) is 3.50. The molecule has 0 amide bonds. The molecular weight excluding hydrogens is 333 g/mol. The Bertz CT molecular complexity index is 589. The number of likely N-dealkylation sites (N-methyl/N-ethyl adjacent to an activating group) is 1. The van der Waals surface area contributed by atoms with Crippen LogP contribution in [0.3, 0.4) is 0 Å². The van der Waals surface area contributed by atoms with Crippen molar-refractivity contribution in [2.45, 2.75) is 32.7 Å². The van der Waals surface area contributed by atoms with E-state index in [-0.39, 0.29) is 11.9 Å². The summed E-state index contributed by atoms with van der Waals surface area (Å²) in [6, 6.07) is 7.28. The van der Waals surface area contributed by atoms with E-state index >= 15 is 0 Å². The highest BCUT2D eigenvalue weighted by atomic mass is 79.9. The first kappa shape index (κ1) is 16.2. The van der Waals surface area contributed by atoms with Gasteiger partial charge in [0.25, 0.3) is 0 Å². The summed E-state index contributed by atoms with van der Waals surface area (Å²) in [7, 11) is 1.96. The molecule has 1 atom stereocenters. The van der Waals surface area contributed by atoms with Crippen molar-refractivity contribution in [3.8, 4) is 0 Å². The number of aryl methyl sites for hydroxylation is 2. The monoisotopic (exact) mass is 353 g/mol. The van der Waals surface area contributed by atoms with Crippen LogP contribution < -0.4 is 5.32 Å². The summed E-state index contributed by atoms with van der Waals surface area (Å²) in [6.07, 6.45) is 1.64. The standard InChI is InChI=1S/C16H21BrFN3/c1-4-14-10-16(21(3)20-14)15(19-5-2)8-11-6-12(17)9-13(18)7-11/h6-7,9-10,15,19H,4-5,8H2,1-3H3. The molecule has 1 N–H and O–H groups in total. The van der Waals surface area contributed by atoms with Crippen LogP contribution in [0.15, 0.2) is 28.7 Å². The van der Waals surface area contributed by atoms with E-state index in [0.717, 1.165) is 40.8 Å². The molecule has 0 aliphatic heterocycles. The molecule has 1 heterocycles. The van der Waals surface area contributed by atoms with Crippen LogP contribution in [-0.4, -0.2) is 16.3 Å². The fraction of sp³-hybridized carbons (Fsp3) is 0.438. The van der Waals surface area contributed by atoms with Crippen LogP contribution in [-0.2, 0) is 19.9 Å². The quantitative estimate of drug-likeness (QED) is 0.856. The van der Waals surface area contributed by atoms with Gasteiger partial charge in [-0.15, -0.1) is 0 Å². The highest BCUT2D eigenvalue weighted by molar-refractivity contribution is 9.10. The maximum Gasteiger partial charge on any atom is 0.124 e. The van der Waals surface area contributed by atoms with Gasteiger partial charge in [-0.1, -0.05) is 29.8 Å². The Morgan fingerprint density at radius 3 is 2.62 bits per heavy atom. The summed E-state index contributed by atoms with van der Waals surface area (Å²) in [4.78, 5) is 0. The minimum atomic E-state index is -0.214. The van der Waals surface area contributed by atoms with Gasteiger partial charge in [-0.3, -0.25) is 4.68 Å². The number of hydrogen-bond acceptors (Lipinski definition) is 2. The van der Waals surface area contributed by atoms with E-state index in [1.54, 1.807) is 6.07 Å². The van der Waals surface area contributed by atoms with Crippen LogP contribution in [0.2, 0.25) is 0 Å².